The van der Waals surface area contributed by atoms with Crippen LogP contribution in [0.5, 0.6) is 0 Å². The minimum atomic E-state index is 0.416. The van der Waals surface area contributed by atoms with Crippen molar-refractivity contribution >= 4 is 10.8 Å². The van der Waals surface area contributed by atoms with Gasteiger partial charge >= 0.3 is 0 Å². The predicted octanol–water partition coefficient (Wildman–Crippen LogP) is 8.06. The molecule has 0 atom stereocenters. The van der Waals surface area contributed by atoms with Crippen LogP contribution in [-0.2, 0) is 0 Å². The van der Waals surface area contributed by atoms with E-state index >= 15 is 0 Å². The fraction of sp³-hybridized carbons (Fsp3) is 0.321. The fourth-order valence-electron chi connectivity index (χ4n) is 4.40. The number of aromatic nitrogens is 2. The van der Waals surface area contributed by atoms with Crippen molar-refractivity contribution in [3.8, 4) is 17.1 Å². The van der Waals surface area contributed by atoms with E-state index < -0.39 is 0 Å². The van der Waals surface area contributed by atoms with E-state index in [0.717, 1.165) is 5.82 Å². The second kappa shape index (κ2) is 8.10. The molecule has 0 spiro atoms. The van der Waals surface area contributed by atoms with Gasteiger partial charge in [-0.2, -0.15) is 0 Å². The Morgan fingerprint density at radius 3 is 1.80 bits per heavy atom. The van der Waals surface area contributed by atoms with Gasteiger partial charge in [0, 0.05) is 18.0 Å². The van der Waals surface area contributed by atoms with Gasteiger partial charge in [0.05, 0.1) is 5.69 Å². The minimum absolute atomic E-state index is 0.416. The molecule has 0 unspecified atom stereocenters. The first-order chi connectivity index (χ1) is 14.4. The Labute approximate surface area is 180 Å². The van der Waals surface area contributed by atoms with Crippen LogP contribution in [0.1, 0.15) is 76.0 Å². The van der Waals surface area contributed by atoms with E-state index in [-0.39, 0.29) is 0 Å². The highest BCUT2D eigenvalue weighted by Crippen LogP contribution is 2.37. The zero-order chi connectivity index (χ0) is 21.4. The van der Waals surface area contributed by atoms with Gasteiger partial charge in [0.2, 0.25) is 0 Å². The maximum absolute atomic E-state index is 4.88. The molecule has 0 aliphatic carbocycles. The molecule has 0 bridgehead atoms. The number of hydrogen-bond acceptors (Lipinski definition) is 1. The third-order valence-electron chi connectivity index (χ3n) is 6.00. The molecule has 0 aliphatic rings. The van der Waals surface area contributed by atoms with Gasteiger partial charge in [-0.15, -0.1) is 0 Å². The minimum Gasteiger partial charge on any atom is -0.299 e. The number of rotatable bonds is 5. The van der Waals surface area contributed by atoms with Gasteiger partial charge in [-0.1, -0.05) is 90.1 Å². The average molecular weight is 397 g/mol. The number of para-hydroxylation sites is 1. The molecule has 154 valence electrons. The molecule has 0 saturated heterocycles. The summed E-state index contributed by atoms with van der Waals surface area (Å²) in [4.78, 5) is 4.88. The number of benzene rings is 3. The van der Waals surface area contributed by atoms with Crippen molar-refractivity contribution in [2.45, 2.75) is 59.3 Å². The van der Waals surface area contributed by atoms with Crippen molar-refractivity contribution < 1.29 is 0 Å². The lowest BCUT2D eigenvalue weighted by Gasteiger charge is -2.23. The van der Waals surface area contributed by atoms with Crippen LogP contribution in [0.25, 0.3) is 27.8 Å². The zero-order valence-corrected chi connectivity index (χ0v) is 19.0. The number of fused-ring (bicyclic) bond motifs is 1. The highest BCUT2D eigenvalue weighted by Gasteiger charge is 2.21. The monoisotopic (exact) mass is 396 g/mol. The first kappa shape index (κ1) is 20.4. The quantitative estimate of drug-likeness (QED) is 0.333. The molecule has 4 rings (SSSR count). The van der Waals surface area contributed by atoms with Gasteiger partial charge in [0.1, 0.15) is 5.82 Å². The Balaban J connectivity index is 2.02. The molecular weight excluding hydrogens is 364 g/mol. The smallest absolute Gasteiger partial charge is 0.144 e. The molecule has 0 saturated carbocycles. The Morgan fingerprint density at radius 2 is 1.23 bits per heavy atom. The van der Waals surface area contributed by atoms with Crippen molar-refractivity contribution in [1.82, 2.24) is 9.55 Å². The molecule has 0 radical (unpaired) electrons. The summed E-state index contributed by atoms with van der Waals surface area (Å²) >= 11 is 0. The van der Waals surface area contributed by atoms with Crippen LogP contribution < -0.4 is 0 Å². The van der Waals surface area contributed by atoms with Crippen LogP contribution in [-0.4, -0.2) is 9.55 Å². The topological polar surface area (TPSA) is 17.8 Å². The van der Waals surface area contributed by atoms with E-state index in [4.69, 9.17) is 4.98 Å². The first-order valence-electron chi connectivity index (χ1n) is 11.1. The molecule has 30 heavy (non-hydrogen) atoms. The predicted molar refractivity (Wildman–Crippen MR) is 129 cm³/mol. The Bertz CT molecular complexity index is 1150. The number of nitrogens with zero attached hydrogens (tertiary/aromatic N) is 2. The first-order valence-corrected chi connectivity index (χ1v) is 11.1. The zero-order valence-electron chi connectivity index (χ0n) is 19.0. The maximum atomic E-state index is 4.88. The lowest BCUT2D eigenvalue weighted by molar-refractivity contribution is 0.805. The largest absolute Gasteiger partial charge is 0.299 e. The van der Waals surface area contributed by atoms with E-state index in [1.165, 1.54) is 38.7 Å². The Morgan fingerprint density at radius 1 is 0.667 bits per heavy atom. The Hall–Kier alpha value is -2.87. The van der Waals surface area contributed by atoms with Gasteiger partial charge in [-0.25, -0.2) is 4.98 Å². The molecule has 0 aliphatic heterocycles. The standard InChI is InChI=1S/C28H32N2/c1-18(2)23-12-9-13-24(19(3)4)27(23)30-15-14-29-28(30)26-17-22-11-8-7-10-21(22)16-25(26)20(5)6/h7-20H,1-6H3. The third kappa shape index (κ3) is 3.56. The third-order valence-corrected chi connectivity index (χ3v) is 6.00. The molecule has 1 aromatic heterocycles. The summed E-state index contributed by atoms with van der Waals surface area (Å²) in [7, 11) is 0. The summed E-state index contributed by atoms with van der Waals surface area (Å²) in [6, 6.07) is 20.0. The van der Waals surface area contributed by atoms with Gasteiger partial charge in [0.15, 0.2) is 0 Å². The molecule has 1 heterocycles. The van der Waals surface area contributed by atoms with Crippen molar-refractivity contribution in [2.75, 3.05) is 0 Å². The normalized spacial score (nSPS) is 11.9. The maximum Gasteiger partial charge on any atom is 0.144 e. The number of imidazole rings is 1. The summed E-state index contributed by atoms with van der Waals surface area (Å²) in [6.07, 6.45) is 4.07. The second-order valence-electron chi connectivity index (χ2n) is 9.16. The number of hydrogen-bond donors (Lipinski definition) is 0. The van der Waals surface area contributed by atoms with Gasteiger partial charge in [-0.3, -0.25) is 4.57 Å². The summed E-state index contributed by atoms with van der Waals surface area (Å²) in [5.74, 6) is 2.32. The van der Waals surface area contributed by atoms with E-state index in [0.29, 0.717) is 17.8 Å². The SMILES string of the molecule is CC(C)c1cc2ccccc2cc1-c1nccn1-c1c(C(C)C)cccc1C(C)C. The van der Waals surface area contributed by atoms with Crippen molar-refractivity contribution in [3.63, 3.8) is 0 Å². The fourth-order valence-corrected chi connectivity index (χ4v) is 4.40. The molecule has 0 N–H and O–H groups in total. The highest BCUT2D eigenvalue weighted by molar-refractivity contribution is 5.88. The van der Waals surface area contributed by atoms with Gasteiger partial charge < -0.3 is 0 Å². The van der Waals surface area contributed by atoms with Crippen LogP contribution in [0.2, 0.25) is 0 Å². The summed E-state index contributed by atoms with van der Waals surface area (Å²) in [6.45, 7) is 13.6. The average Bonchev–Trinajstić information content (AvgIpc) is 3.21. The lowest BCUT2D eigenvalue weighted by atomic mass is 9.91. The van der Waals surface area contributed by atoms with Crippen molar-refractivity contribution in [2.24, 2.45) is 0 Å². The summed E-state index contributed by atoms with van der Waals surface area (Å²) in [5.41, 5.74) is 6.59. The molecule has 0 fully saturated rings. The van der Waals surface area contributed by atoms with Crippen molar-refractivity contribution in [3.05, 3.63) is 83.7 Å². The summed E-state index contributed by atoms with van der Waals surface area (Å²) < 4.78 is 2.32. The summed E-state index contributed by atoms with van der Waals surface area (Å²) in [5, 5.41) is 2.54. The van der Waals surface area contributed by atoms with Crippen LogP contribution >= 0.6 is 0 Å². The second-order valence-corrected chi connectivity index (χ2v) is 9.16. The van der Waals surface area contributed by atoms with Gasteiger partial charge in [0.25, 0.3) is 0 Å². The van der Waals surface area contributed by atoms with E-state index in [1.54, 1.807) is 0 Å². The van der Waals surface area contributed by atoms with Crippen LogP contribution in [0.15, 0.2) is 67.0 Å². The van der Waals surface area contributed by atoms with E-state index in [1.807, 2.05) is 6.20 Å². The molecule has 2 nitrogen and oxygen atoms in total. The lowest BCUT2D eigenvalue weighted by Crippen LogP contribution is -2.08. The highest BCUT2D eigenvalue weighted by atomic mass is 15.1. The van der Waals surface area contributed by atoms with E-state index in [9.17, 15) is 0 Å². The van der Waals surface area contributed by atoms with E-state index in [2.05, 4.69) is 107 Å². The molecule has 4 aromatic rings. The molecule has 2 heteroatoms. The molecule has 0 amide bonds. The van der Waals surface area contributed by atoms with Crippen LogP contribution in [0, 0.1) is 0 Å². The molecular formula is C28H32N2. The van der Waals surface area contributed by atoms with Crippen LogP contribution in [0.3, 0.4) is 0 Å². The Kier molecular flexibility index (Phi) is 5.51. The van der Waals surface area contributed by atoms with Crippen LogP contribution in [0.4, 0.5) is 0 Å². The molecule has 3 aromatic carbocycles. The van der Waals surface area contributed by atoms with Crippen molar-refractivity contribution in [1.29, 1.82) is 0 Å². The van der Waals surface area contributed by atoms with Gasteiger partial charge in [-0.05, 0) is 51.3 Å².